The fourth-order valence-electron chi connectivity index (χ4n) is 2.95. The number of benzene rings is 2. The van der Waals surface area contributed by atoms with Crippen molar-refractivity contribution in [1.29, 1.82) is 0 Å². The summed E-state index contributed by atoms with van der Waals surface area (Å²) >= 11 is 5.92. The van der Waals surface area contributed by atoms with Gasteiger partial charge in [0.05, 0.1) is 12.6 Å². The Labute approximate surface area is 171 Å². The lowest BCUT2D eigenvalue weighted by molar-refractivity contribution is -0.134. The molecule has 1 N–H and O–H groups in total. The van der Waals surface area contributed by atoms with Gasteiger partial charge in [-0.1, -0.05) is 29.3 Å². The number of carbonyl (C=O) groups excluding carboxylic acids is 1. The van der Waals surface area contributed by atoms with E-state index in [2.05, 4.69) is 5.32 Å². The average Bonchev–Trinajstić information content (AvgIpc) is 2.65. The van der Waals surface area contributed by atoms with Crippen LogP contribution in [0.1, 0.15) is 5.56 Å². The van der Waals surface area contributed by atoms with Gasteiger partial charge < -0.3 is 19.7 Å². The van der Waals surface area contributed by atoms with Crippen molar-refractivity contribution in [3.8, 4) is 5.75 Å². The van der Waals surface area contributed by atoms with Gasteiger partial charge in [0.25, 0.3) is 5.91 Å². The average molecular weight is 411 g/mol. The van der Waals surface area contributed by atoms with Crippen molar-refractivity contribution < 1.29 is 14.3 Å². The third-order valence-corrected chi connectivity index (χ3v) is 4.64. The van der Waals surface area contributed by atoms with Crippen LogP contribution in [0.15, 0.2) is 48.5 Å². The van der Waals surface area contributed by atoms with Gasteiger partial charge in [0.15, 0.2) is 6.10 Å². The molecular formula is C20H24Cl2N2O3. The van der Waals surface area contributed by atoms with E-state index in [4.69, 9.17) is 21.1 Å². The van der Waals surface area contributed by atoms with Crippen LogP contribution >= 0.6 is 24.0 Å². The molecule has 1 aliphatic rings. The number of nitrogens with zero attached hydrogens (tertiary/aromatic N) is 1. The Kier molecular flexibility index (Phi) is 7.92. The summed E-state index contributed by atoms with van der Waals surface area (Å²) in [5, 5.41) is 3.96. The van der Waals surface area contributed by atoms with E-state index in [1.807, 2.05) is 31.2 Å². The summed E-state index contributed by atoms with van der Waals surface area (Å²) in [6.07, 6.45) is -0.521. The zero-order chi connectivity index (χ0) is 18.5. The second-order valence-corrected chi connectivity index (χ2v) is 6.74. The zero-order valence-electron chi connectivity index (χ0n) is 15.4. The number of anilines is 1. The van der Waals surface area contributed by atoms with E-state index in [9.17, 15) is 4.79 Å². The third-order valence-electron chi connectivity index (χ3n) is 4.39. The van der Waals surface area contributed by atoms with Crippen LogP contribution in [0.4, 0.5) is 5.69 Å². The summed E-state index contributed by atoms with van der Waals surface area (Å²) in [7, 11) is 1.67. The molecule has 146 valence electrons. The predicted octanol–water partition coefficient (Wildman–Crippen LogP) is 3.47. The molecule has 1 heterocycles. The monoisotopic (exact) mass is 410 g/mol. The lowest BCUT2D eigenvalue weighted by Crippen LogP contribution is -2.70. The Balaban J connectivity index is 0.00000261. The van der Waals surface area contributed by atoms with Crippen molar-refractivity contribution >= 4 is 35.6 Å². The smallest absolute Gasteiger partial charge is 0.270 e. The highest BCUT2D eigenvalue weighted by Crippen LogP contribution is 2.31. The Morgan fingerprint density at radius 1 is 1.11 bits per heavy atom. The number of amides is 1. The normalized spacial score (nSPS) is 18.6. The number of hydrogen-bond acceptors (Lipinski definition) is 4. The highest BCUT2D eigenvalue weighted by molar-refractivity contribution is 6.30. The lowest BCUT2D eigenvalue weighted by Gasteiger charge is -2.46. The zero-order valence-corrected chi connectivity index (χ0v) is 16.9. The van der Waals surface area contributed by atoms with Gasteiger partial charge >= 0.3 is 0 Å². The number of halogens is 2. The number of ether oxygens (including phenoxy) is 2. The molecule has 5 nitrogen and oxygen atoms in total. The van der Waals surface area contributed by atoms with E-state index >= 15 is 0 Å². The minimum Gasteiger partial charge on any atom is -0.478 e. The minimum absolute atomic E-state index is 0. The van der Waals surface area contributed by atoms with Crippen molar-refractivity contribution in [2.75, 3.05) is 31.7 Å². The summed E-state index contributed by atoms with van der Waals surface area (Å²) in [5.41, 5.74) is 2.04. The highest BCUT2D eigenvalue weighted by atomic mass is 35.5. The van der Waals surface area contributed by atoms with Crippen LogP contribution in [0, 0.1) is 6.92 Å². The standard InChI is InChI=1S/C20H23ClN2O3.ClH/c1-14-3-7-16(8-4-14)23-18(13-22-11-12-25-2)19(20(23)24)26-17-9-5-15(21)6-10-17;/h3-10,18-19,22H,11-13H2,1-2H3;1H. The summed E-state index contributed by atoms with van der Waals surface area (Å²) in [4.78, 5) is 14.5. The van der Waals surface area contributed by atoms with Crippen molar-refractivity contribution in [3.05, 3.63) is 59.1 Å². The molecule has 0 radical (unpaired) electrons. The fourth-order valence-corrected chi connectivity index (χ4v) is 3.08. The van der Waals surface area contributed by atoms with Crippen LogP contribution in [0.25, 0.3) is 0 Å². The van der Waals surface area contributed by atoms with E-state index in [1.165, 1.54) is 0 Å². The maximum absolute atomic E-state index is 12.7. The topological polar surface area (TPSA) is 50.8 Å². The molecule has 1 saturated heterocycles. The van der Waals surface area contributed by atoms with E-state index in [0.717, 1.165) is 17.8 Å². The van der Waals surface area contributed by atoms with Gasteiger partial charge in [0.2, 0.25) is 0 Å². The second-order valence-electron chi connectivity index (χ2n) is 6.30. The first kappa shape index (κ1) is 21.5. The molecule has 2 unspecified atom stereocenters. The van der Waals surface area contributed by atoms with Crippen LogP contribution in [-0.2, 0) is 9.53 Å². The van der Waals surface area contributed by atoms with Gasteiger partial charge in [-0.25, -0.2) is 0 Å². The molecule has 0 aliphatic carbocycles. The van der Waals surface area contributed by atoms with Gasteiger partial charge in [0.1, 0.15) is 5.75 Å². The van der Waals surface area contributed by atoms with Crippen molar-refractivity contribution in [3.63, 3.8) is 0 Å². The molecule has 0 aromatic heterocycles. The largest absolute Gasteiger partial charge is 0.478 e. The van der Waals surface area contributed by atoms with E-state index in [-0.39, 0.29) is 24.4 Å². The number of β-lactam (4-membered cyclic amide) rings is 1. The Bertz CT molecular complexity index is 738. The molecule has 1 aliphatic heterocycles. The van der Waals surface area contributed by atoms with E-state index < -0.39 is 6.10 Å². The molecule has 0 saturated carbocycles. The molecule has 1 amide bonds. The summed E-state index contributed by atoms with van der Waals surface area (Å²) in [6.45, 7) is 3.99. The number of nitrogens with one attached hydrogen (secondary N) is 1. The summed E-state index contributed by atoms with van der Waals surface area (Å²) in [5.74, 6) is 0.598. The molecule has 0 bridgehead atoms. The van der Waals surface area contributed by atoms with Crippen molar-refractivity contribution in [1.82, 2.24) is 5.32 Å². The van der Waals surface area contributed by atoms with Crippen molar-refractivity contribution in [2.45, 2.75) is 19.1 Å². The number of carbonyl (C=O) groups is 1. The fraction of sp³-hybridized carbons (Fsp3) is 0.350. The first-order chi connectivity index (χ1) is 12.6. The summed E-state index contributed by atoms with van der Waals surface area (Å²) < 4.78 is 11.0. The van der Waals surface area contributed by atoms with Gasteiger partial charge in [-0.3, -0.25) is 4.79 Å². The lowest BCUT2D eigenvalue weighted by atomic mass is 9.96. The molecule has 7 heteroatoms. The third kappa shape index (κ3) is 5.14. The predicted molar refractivity (Wildman–Crippen MR) is 110 cm³/mol. The molecule has 1 fully saturated rings. The number of rotatable bonds is 8. The minimum atomic E-state index is -0.521. The Morgan fingerprint density at radius 3 is 2.41 bits per heavy atom. The highest BCUT2D eigenvalue weighted by Gasteiger charge is 2.49. The Morgan fingerprint density at radius 2 is 1.78 bits per heavy atom. The van der Waals surface area contributed by atoms with Gasteiger partial charge in [-0.2, -0.15) is 0 Å². The van der Waals surface area contributed by atoms with Crippen molar-refractivity contribution in [2.24, 2.45) is 0 Å². The van der Waals surface area contributed by atoms with E-state index in [1.54, 1.807) is 36.3 Å². The van der Waals surface area contributed by atoms with E-state index in [0.29, 0.717) is 23.9 Å². The number of methoxy groups -OCH3 is 1. The molecule has 2 aromatic carbocycles. The van der Waals surface area contributed by atoms with Crippen LogP contribution in [0.3, 0.4) is 0 Å². The second kappa shape index (κ2) is 9.95. The number of aryl methyl sites for hydroxylation is 1. The Hall–Kier alpha value is -1.79. The van der Waals surface area contributed by atoms with Gasteiger partial charge in [-0.15, -0.1) is 12.4 Å². The molecule has 2 aromatic rings. The molecule has 27 heavy (non-hydrogen) atoms. The maximum Gasteiger partial charge on any atom is 0.270 e. The molecule has 0 spiro atoms. The molecular weight excluding hydrogens is 387 g/mol. The number of hydrogen-bond donors (Lipinski definition) is 1. The van der Waals surface area contributed by atoms with Gasteiger partial charge in [-0.05, 0) is 43.3 Å². The van der Waals surface area contributed by atoms with Crippen LogP contribution in [-0.4, -0.2) is 44.9 Å². The first-order valence-electron chi connectivity index (χ1n) is 8.62. The van der Waals surface area contributed by atoms with Crippen LogP contribution in [0.5, 0.6) is 5.75 Å². The summed E-state index contributed by atoms with van der Waals surface area (Å²) in [6, 6.07) is 14.9. The maximum atomic E-state index is 12.7. The van der Waals surface area contributed by atoms with Crippen LogP contribution in [0.2, 0.25) is 5.02 Å². The first-order valence-corrected chi connectivity index (χ1v) is 8.99. The SMILES string of the molecule is COCCNCC1C(Oc2ccc(Cl)cc2)C(=O)N1c1ccc(C)cc1.Cl. The van der Waals surface area contributed by atoms with Crippen LogP contribution < -0.4 is 15.0 Å². The molecule has 2 atom stereocenters. The quantitative estimate of drug-likeness (QED) is 0.534. The van der Waals surface area contributed by atoms with Gasteiger partial charge in [0, 0.05) is 30.9 Å². The molecule has 3 rings (SSSR count).